The number of nitrogens with two attached hydrogens (primary N) is 1. The Morgan fingerprint density at radius 1 is 1.12 bits per heavy atom. The summed E-state index contributed by atoms with van der Waals surface area (Å²) in [5.41, 5.74) is 5.92. The molecule has 2 amide bonds. The van der Waals surface area contributed by atoms with Gasteiger partial charge in [-0.2, -0.15) is 0 Å². The van der Waals surface area contributed by atoms with Gasteiger partial charge in [0.25, 0.3) is 0 Å². The second kappa shape index (κ2) is 11.0. The smallest absolute Gasteiger partial charge is 0.239 e. The number of nitrogens with one attached hydrogen (secondary N) is 1. The maximum absolute atomic E-state index is 12.2. The highest BCUT2D eigenvalue weighted by molar-refractivity contribution is 5.85. The summed E-state index contributed by atoms with van der Waals surface area (Å²) in [7, 11) is 0. The SMILES string of the molecule is CCCC(N)C(=O)N1CCN(CC(=O)NC2CCC(C)CC2)CC1.Cl. The van der Waals surface area contributed by atoms with Gasteiger partial charge in [-0.1, -0.05) is 20.3 Å². The fourth-order valence-corrected chi connectivity index (χ4v) is 3.68. The van der Waals surface area contributed by atoms with Crippen molar-refractivity contribution in [3.63, 3.8) is 0 Å². The minimum atomic E-state index is -0.376. The lowest BCUT2D eigenvalue weighted by Gasteiger charge is -2.36. The highest BCUT2D eigenvalue weighted by atomic mass is 35.5. The molecular formula is C18H35ClN4O2. The first-order chi connectivity index (χ1) is 11.5. The molecule has 2 aliphatic rings. The van der Waals surface area contributed by atoms with E-state index in [1.807, 2.05) is 11.8 Å². The van der Waals surface area contributed by atoms with Gasteiger partial charge in [-0.15, -0.1) is 12.4 Å². The van der Waals surface area contributed by atoms with E-state index in [1.165, 1.54) is 12.8 Å². The number of hydrogen-bond acceptors (Lipinski definition) is 4. The van der Waals surface area contributed by atoms with E-state index < -0.39 is 0 Å². The van der Waals surface area contributed by atoms with Gasteiger partial charge in [-0.25, -0.2) is 0 Å². The highest BCUT2D eigenvalue weighted by Crippen LogP contribution is 2.23. The molecule has 2 rings (SSSR count). The fraction of sp³-hybridized carbons (Fsp3) is 0.889. The second-order valence-electron chi connectivity index (χ2n) is 7.52. The molecule has 1 saturated carbocycles. The molecule has 1 saturated heterocycles. The van der Waals surface area contributed by atoms with E-state index in [1.54, 1.807) is 0 Å². The molecule has 1 unspecified atom stereocenters. The van der Waals surface area contributed by atoms with Gasteiger partial charge in [0.15, 0.2) is 0 Å². The Bertz CT molecular complexity index is 419. The van der Waals surface area contributed by atoms with Crippen LogP contribution in [0.5, 0.6) is 0 Å². The van der Waals surface area contributed by atoms with Crippen LogP contribution in [-0.2, 0) is 9.59 Å². The molecule has 7 heteroatoms. The number of nitrogens with zero attached hydrogens (tertiary/aromatic N) is 2. The molecule has 0 aromatic rings. The van der Waals surface area contributed by atoms with Crippen molar-refractivity contribution in [2.45, 2.75) is 64.5 Å². The molecule has 146 valence electrons. The van der Waals surface area contributed by atoms with Crippen molar-refractivity contribution < 1.29 is 9.59 Å². The van der Waals surface area contributed by atoms with Crippen LogP contribution in [0.25, 0.3) is 0 Å². The number of rotatable bonds is 6. The van der Waals surface area contributed by atoms with E-state index in [9.17, 15) is 9.59 Å². The Kier molecular flexibility index (Phi) is 9.75. The molecule has 0 spiro atoms. The summed E-state index contributed by atoms with van der Waals surface area (Å²) in [5, 5.41) is 3.17. The largest absolute Gasteiger partial charge is 0.352 e. The summed E-state index contributed by atoms with van der Waals surface area (Å²) >= 11 is 0. The second-order valence-corrected chi connectivity index (χ2v) is 7.52. The summed E-state index contributed by atoms with van der Waals surface area (Å²) in [4.78, 5) is 28.4. The van der Waals surface area contributed by atoms with Gasteiger partial charge in [0, 0.05) is 32.2 Å². The monoisotopic (exact) mass is 374 g/mol. The number of piperazine rings is 1. The van der Waals surface area contributed by atoms with Crippen LogP contribution in [0, 0.1) is 5.92 Å². The molecule has 0 bridgehead atoms. The minimum Gasteiger partial charge on any atom is -0.352 e. The van der Waals surface area contributed by atoms with Gasteiger partial charge in [0.2, 0.25) is 11.8 Å². The van der Waals surface area contributed by atoms with E-state index in [-0.39, 0.29) is 30.3 Å². The zero-order valence-electron chi connectivity index (χ0n) is 15.7. The molecule has 1 aliphatic carbocycles. The van der Waals surface area contributed by atoms with Crippen molar-refractivity contribution in [1.82, 2.24) is 15.1 Å². The Morgan fingerprint density at radius 2 is 1.72 bits per heavy atom. The van der Waals surface area contributed by atoms with Gasteiger partial charge in [-0.05, 0) is 38.0 Å². The minimum absolute atomic E-state index is 0. The zero-order valence-corrected chi connectivity index (χ0v) is 16.5. The lowest BCUT2D eigenvalue weighted by molar-refractivity contribution is -0.134. The van der Waals surface area contributed by atoms with Crippen LogP contribution in [0.2, 0.25) is 0 Å². The molecule has 1 aliphatic heterocycles. The zero-order chi connectivity index (χ0) is 17.5. The van der Waals surface area contributed by atoms with Crippen LogP contribution >= 0.6 is 12.4 Å². The Morgan fingerprint density at radius 3 is 2.28 bits per heavy atom. The van der Waals surface area contributed by atoms with Crippen molar-refractivity contribution in [2.75, 3.05) is 32.7 Å². The first kappa shape index (κ1) is 22.2. The Labute approximate surface area is 158 Å². The molecule has 1 heterocycles. The van der Waals surface area contributed by atoms with Crippen LogP contribution < -0.4 is 11.1 Å². The van der Waals surface area contributed by atoms with Crippen molar-refractivity contribution in [3.05, 3.63) is 0 Å². The standard InChI is InChI=1S/C18H34N4O2.ClH/c1-3-4-16(19)18(24)22-11-9-21(10-12-22)13-17(23)20-15-7-5-14(2)6-8-15;/h14-16H,3-13,19H2,1-2H3,(H,20,23);1H. The average molecular weight is 375 g/mol. The summed E-state index contributed by atoms with van der Waals surface area (Å²) in [6.45, 7) is 7.60. The number of hydrogen-bond donors (Lipinski definition) is 2. The third-order valence-electron chi connectivity index (χ3n) is 5.35. The summed E-state index contributed by atoms with van der Waals surface area (Å²) in [5.74, 6) is 0.970. The van der Waals surface area contributed by atoms with Crippen molar-refractivity contribution in [2.24, 2.45) is 11.7 Å². The first-order valence-electron chi connectivity index (χ1n) is 9.55. The maximum atomic E-state index is 12.2. The van der Waals surface area contributed by atoms with Gasteiger partial charge in [-0.3, -0.25) is 14.5 Å². The van der Waals surface area contributed by atoms with Crippen molar-refractivity contribution >= 4 is 24.2 Å². The van der Waals surface area contributed by atoms with E-state index in [2.05, 4.69) is 17.1 Å². The van der Waals surface area contributed by atoms with Crippen LogP contribution in [0.4, 0.5) is 0 Å². The van der Waals surface area contributed by atoms with Gasteiger partial charge >= 0.3 is 0 Å². The van der Waals surface area contributed by atoms with E-state index in [4.69, 9.17) is 5.73 Å². The van der Waals surface area contributed by atoms with Crippen LogP contribution in [0.1, 0.15) is 52.4 Å². The lowest BCUT2D eigenvalue weighted by Crippen LogP contribution is -2.55. The first-order valence-corrected chi connectivity index (χ1v) is 9.55. The molecule has 2 fully saturated rings. The third-order valence-corrected chi connectivity index (χ3v) is 5.35. The van der Waals surface area contributed by atoms with Crippen LogP contribution in [0.3, 0.4) is 0 Å². The van der Waals surface area contributed by atoms with Gasteiger partial charge in [0.1, 0.15) is 0 Å². The number of halogens is 1. The number of amides is 2. The Balaban J connectivity index is 0.00000312. The molecule has 0 aromatic carbocycles. The topological polar surface area (TPSA) is 78.7 Å². The summed E-state index contributed by atoms with van der Waals surface area (Å²) < 4.78 is 0. The maximum Gasteiger partial charge on any atom is 0.239 e. The fourth-order valence-electron chi connectivity index (χ4n) is 3.68. The summed E-state index contributed by atoms with van der Waals surface area (Å²) in [6.07, 6.45) is 6.29. The van der Waals surface area contributed by atoms with Gasteiger partial charge in [0.05, 0.1) is 12.6 Å². The molecule has 3 N–H and O–H groups in total. The van der Waals surface area contributed by atoms with Crippen LogP contribution in [-0.4, -0.2) is 66.4 Å². The van der Waals surface area contributed by atoms with Gasteiger partial charge < -0.3 is 16.0 Å². The molecule has 0 aromatic heterocycles. The molecular weight excluding hydrogens is 340 g/mol. The van der Waals surface area contributed by atoms with E-state index >= 15 is 0 Å². The predicted molar refractivity (Wildman–Crippen MR) is 103 cm³/mol. The molecule has 1 atom stereocenters. The van der Waals surface area contributed by atoms with Crippen molar-refractivity contribution in [1.29, 1.82) is 0 Å². The molecule has 25 heavy (non-hydrogen) atoms. The molecule has 6 nitrogen and oxygen atoms in total. The quantitative estimate of drug-likeness (QED) is 0.736. The van der Waals surface area contributed by atoms with E-state index in [0.717, 1.165) is 44.7 Å². The number of carbonyl (C=O) groups is 2. The predicted octanol–water partition coefficient (Wildman–Crippen LogP) is 1.37. The highest BCUT2D eigenvalue weighted by Gasteiger charge is 2.26. The van der Waals surface area contributed by atoms with Crippen LogP contribution in [0.15, 0.2) is 0 Å². The lowest BCUT2D eigenvalue weighted by atomic mass is 9.87. The van der Waals surface area contributed by atoms with Crippen molar-refractivity contribution in [3.8, 4) is 0 Å². The average Bonchev–Trinajstić information content (AvgIpc) is 2.57. The third kappa shape index (κ3) is 7.12. The summed E-state index contributed by atoms with van der Waals surface area (Å²) in [6, 6.07) is -0.0258. The number of carbonyl (C=O) groups excluding carboxylic acids is 2. The normalized spacial score (nSPS) is 25.8. The Hall–Kier alpha value is -0.850. The molecule has 0 radical (unpaired) electrons. The van der Waals surface area contributed by atoms with E-state index in [0.29, 0.717) is 25.7 Å².